The minimum atomic E-state index is 0.226. The normalized spacial score (nSPS) is 16.7. The summed E-state index contributed by atoms with van der Waals surface area (Å²) in [5.41, 5.74) is 9.51. The molecule has 2 aromatic heterocycles. The topological polar surface area (TPSA) is 41.4 Å². The van der Waals surface area contributed by atoms with E-state index in [2.05, 4.69) is 156 Å². The molecule has 220 valence electrons. The number of benzene rings is 6. The fourth-order valence-electron chi connectivity index (χ4n) is 7.68. The summed E-state index contributed by atoms with van der Waals surface area (Å²) in [6.07, 6.45) is 6.19. The smallest absolute Gasteiger partial charge is 0.0893 e. The predicted molar refractivity (Wildman–Crippen MR) is 195 cm³/mol. The molecule has 4 heteroatoms. The van der Waals surface area contributed by atoms with Gasteiger partial charge in [-0.3, -0.25) is 4.99 Å². The van der Waals surface area contributed by atoms with Gasteiger partial charge in [-0.25, -0.2) is 9.97 Å². The molecule has 0 spiro atoms. The Morgan fingerprint density at radius 2 is 1.17 bits per heavy atom. The first kappa shape index (κ1) is 26.1. The zero-order chi connectivity index (χ0) is 30.9. The van der Waals surface area contributed by atoms with E-state index in [9.17, 15) is 0 Å². The third-order valence-corrected chi connectivity index (χ3v) is 9.84. The van der Waals surface area contributed by atoms with Gasteiger partial charge >= 0.3 is 0 Å². The van der Waals surface area contributed by atoms with Crippen molar-refractivity contribution in [2.24, 2.45) is 4.99 Å². The molecule has 2 aliphatic rings. The van der Waals surface area contributed by atoms with Crippen molar-refractivity contribution < 1.29 is 0 Å². The summed E-state index contributed by atoms with van der Waals surface area (Å²) in [7, 11) is 0. The monoisotopic (exact) mass is 600 g/mol. The summed E-state index contributed by atoms with van der Waals surface area (Å²) < 4.78 is 0. The molecule has 47 heavy (non-hydrogen) atoms. The van der Waals surface area contributed by atoms with Crippen molar-refractivity contribution in [2.75, 3.05) is 4.90 Å². The molecular weight excluding hydrogens is 573 g/mol. The van der Waals surface area contributed by atoms with Crippen LogP contribution in [0.5, 0.6) is 0 Å². The van der Waals surface area contributed by atoms with E-state index in [0.29, 0.717) is 0 Å². The van der Waals surface area contributed by atoms with E-state index in [1.165, 1.54) is 43.6 Å². The molecule has 0 amide bonds. The Kier molecular flexibility index (Phi) is 5.67. The third kappa shape index (κ3) is 4.05. The molecule has 2 aliphatic heterocycles. The Labute approximate surface area is 272 Å². The summed E-state index contributed by atoms with van der Waals surface area (Å²) in [6, 6.07) is 49.9. The molecule has 4 heterocycles. The quantitative estimate of drug-likeness (QED) is 0.189. The molecule has 0 saturated heterocycles. The van der Waals surface area contributed by atoms with Crippen LogP contribution in [-0.2, 0) is 0 Å². The molecule has 0 radical (unpaired) electrons. The number of rotatable bonds is 4. The van der Waals surface area contributed by atoms with Gasteiger partial charge in [-0.15, -0.1) is 0 Å². The van der Waals surface area contributed by atoms with Gasteiger partial charge in [-0.1, -0.05) is 97.1 Å². The maximum atomic E-state index is 5.17. The van der Waals surface area contributed by atoms with Crippen molar-refractivity contribution in [3.8, 4) is 33.9 Å². The van der Waals surface area contributed by atoms with Gasteiger partial charge in [0, 0.05) is 40.8 Å². The molecule has 4 nitrogen and oxygen atoms in total. The van der Waals surface area contributed by atoms with Crippen LogP contribution in [0.4, 0.5) is 11.4 Å². The van der Waals surface area contributed by atoms with Crippen molar-refractivity contribution in [1.82, 2.24) is 9.97 Å². The molecule has 0 saturated carbocycles. The minimum absolute atomic E-state index is 0.226. The molecule has 8 aromatic rings. The van der Waals surface area contributed by atoms with Crippen LogP contribution >= 0.6 is 0 Å². The van der Waals surface area contributed by atoms with Gasteiger partial charge in [0.25, 0.3) is 0 Å². The molecule has 2 atom stereocenters. The second-order valence-corrected chi connectivity index (χ2v) is 12.4. The van der Waals surface area contributed by atoms with Crippen LogP contribution in [0.3, 0.4) is 0 Å². The lowest BCUT2D eigenvalue weighted by molar-refractivity contribution is 0.780. The van der Waals surface area contributed by atoms with Gasteiger partial charge in [0.05, 0.1) is 28.8 Å². The van der Waals surface area contributed by atoms with Crippen LogP contribution in [0.1, 0.15) is 11.5 Å². The number of anilines is 2. The van der Waals surface area contributed by atoms with Crippen LogP contribution in [-0.4, -0.2) is 22.2 Å². The molecule has 10 rings (SSSR count). The molecule has 6 aromatic carbocycles. The lowest BCUT2D eigenvalue weighted by Gasteiger charge is -2.28. The lowest BCUT2D eigenvalue weighted by atomic mass is 9.91. The molecule has 0 bridgehead atoms. The Bertz CT molecular complexity index is 2530. The van der Waals surface area contributed by atoms with Crippen molar-refractivity contribution in [1.29, 1.82) is 0 Å². The van der Waals surface area contributed by atoms with Crippen molar-refractivity contribution in [3.05, 3.63) is 157 Å². The minimum Gasteiger partial charge on any atom is -0.333 e. The largest absolute Gasteiger partial charge is 0.333 e. The second-order valence-electron chi connectivity index (χ2n) is 12.4. The number of aromatic nitrogens is 2. The SMILES string of the molecule is C1=CC2C(C=N1)c1ccccc1N2c1ccc(-c2cccc(-c3cccc(-c4ccc5ccc6cccc7ccc4c5c67)n3)n2)cc1. The highest BCUT2D eigenvalue weighted by Crippen LogP contribution is 2.46. The average Bonchev–Trinajstić information content (AvgIpc) is 3.48. The van der Waals surface area contributed by atoms with E-state index in [0.717, 1.165) is 39.6 Å². The van der Waals surface area contributed by atoms with Gasteiger partial charge in [0.1, 0.15) is 0 Å². The van der Waals surface area contributed by atoms with Crippen molar-refractivity contribution >= 4 is 49.9 Å². The Morgan fingerprint density at radius 3 is 2.00 bits per heavy atom. The van der Waals surface area contributed by atoms with Crippen LogP contribution in [0, 0.1) is 0 Å². The zero-order valence-electron chi connectivity index (χ0n) is 25.5. The van der Waals surface area contributed by atoms with Crippen molar-refractivity contribution in [2.45, 2.75) is 12.0 Å². The molecule has 2 unspecified atom stereocenters. The second kappa shape index (κ2) is 10.2. The standard InChI is InChI=1S/C43H28N4/c1-2-13-40-33(8-1)35-26-44-25-24-41(35)47(40)31-20-16-27(17-21-31)36-9-4-11-38(45-36)39-12-5-10-37(46-39)32-22-18-30-15-14-28-6-3-7-29-19-23-34(32)43(30)42(28)29/h1-26,35,41H. The number of aliphatic imine (C=N–C) groups is 1. The highest BCUT2D eigenvalue weighted by molar-refractivity contribution is 6.25. The summed E-state index contributed by atoms with van der Waals surface area (Å²) in [4.78, 5) is 17.1. The van der Waals surface area contributed by atoms with E-state index in [1.807, 2.05) is 12.3 Å². The highest BCUT2D eigenvalue weighted by Gasteiger charge is 2.37. The number of pyridine rings is 2. The maximum Gasteiger partial charge on any atom is 0.0893 e. The summed E-state index contributed by atoms with van der Waals surface area (Å²) in [5.74, 6) is 0.263. The first-order valence-corrected chi connectivity index (χ1v) is 16.1. The molecule has 0 aliphatic carbocycles. The summed E-state index contributed by atoms with van der Waals surface area (Å²) >= 11 is 0. The lowest BCUT2D eigenvalue weighted by Crippen LogP contribution is -2.29. The first-order chi connectivity index (χ1) is 23.3. The van der Waals surface area contributed by atoms with Crippen LogP contribution in [0.2, 0.25) is 0 Å². The zero-order valence-corrected chi connectivity index (χ0v) is 25.5. The van der Waals surface area contributed by atoms with Gasteiger partial charge in [-0.2, -0.15) is 0 Å². The van der Waals surface area contributed by atoms with Gasteiger partial charge < -0.3 is 4.90 Å². The fraction of sp³-hybridized carbons (Fsp3) is 0.0465. The van der Waals surface area contributed by atoms with E-state index in [4.69, 9.17) is 9.97 Å². The first-order valence-electron chi connectivity index (χ1n) is 16.1. The molecular formula is C43H28N4. The van der Waals surface area contributed by atoms with Gasteiger partial charge in [0.15, 0.2) is 0 Å². The average molecular weight is 601 g/mol. The number of fused-ring (bicyclic) bond motifs is 3. The van der Waals surface area contributed by atoms with Crippen LogP contribution in [0.25, 0.3) is 66.2 Å². The van der Waals surface area contributed by atoms with Crippen molar-refractivity contribution in [3.63, 3.8) is 0 Å². The van der Waals surface area contributed by atoms with E-state index in [1.54, 1.807) is 0 Å². The van der Waals surface area contributed by atoms with Gasteiger partial charge in [0.2, 0.25) is 0 Å². The molecule has 0 fully saturated rings. The Balaban J connectivity index is 1.000. The third-order valence-electron chi connectivity index (χ3n) is 9.84. The maximum absolute atomic E-state index is 5.17. The number of para-hydroxylation sites is 1. The van der Waals surface area contributed by atoms with E-state index < -0.39 is 0 Å². The summed E-state index contributed by atoms with van der Waals surface area (Å²) in [6.45, 7) is 0. The molecule has 0 N–H and O–H groups in total. The summed E-state index contributed by atoms with van der Waals surface area (Å²) in [5, 5.41) is 7.63. The Morgan fingerprint density at radius 1 is 0.511 bits per heavy atom. The highest BCUT2D eigenvalue weighted by atomic mass is 15.2. The fourth-order valence-corrected chi connectivity index (χ4v) is 7.68. The van der Waals surface area contributed by atoms with Gasteiger partial charge in [-0.05, 0) is 86.4 Å². The van der Waals surface area contributed by atoms with E-state index in [-0.39, 0.29) is 12.0 Å². The van der Waals surface area contributed by atoms with Crippen LogP contribution in [0.15, 0.2) is 157 Å². The number of hydrogen-bond donors (Lipinski definition) is 0. The Hall–Kier alpha value is -6.13. The number of nitrogens with zero attached hydrogens (tertiary/aromatic N) is 4. The van der Waals surface area contributed by atoms with E-state index >= 15 is 0 Å². The predicted octanol–water partition coefficient (Wildman–Crippen LogP) is 10.6. The van der Waals surface area contributed by atoms with Crippen LogP contribution < -0.4 is 4.90 Å². The number of hydrogen-bond acceptors (Lipinski definition) is 4.